The van der Waals surface area contributed by atoms with Crippen LogP contribution >= 0.6 is 0 Å². The first-order valence-corrected chi connectivity index (χ1v) is 8.56. The lowest BCUT2D eigenvalue weighted by Gasteiger charge is -2.29. The van der Waals surface area contributed by atoms with Gasteiger partial charge in [-0.05, 0) is 62.1 Å². The molecule has 1 saturated carbocycles. The van der Waals surface area contributed by atoms with Crippen LogP contribution < -0.4 is 4.74 Å². The van der Waals surface area contributed by atoms with E-state index in [9.17, 15) is 0 Å². The number of hydrogen-bond donors (Lipinski definition) is 0. The van der Waals surface area contributed by atoms with Crippen molar-refractivity contribution >= 4 is 0 Å². The second kappa shape index (κ2) is 8.34. The Balaban J connectivity index is 1.78. The van der Waals surface area contributed by atoms with Crippen molar-refractivity contribution in [1.29, 1.82) is 0 Å². The highest BCUT2D eigenvalue weighted by Gasteiger charge is 2.21. The fourth-order valence-electron chi connectivity index (χ4n) is 3.47. The topological polar surface area (TPSA) is 9.23 Å². The molecule has 0 heterocycles. The first kappa shape index (κ1) is 15.4. The van der Waals surface area contributed by atoms with E-state index in [1.54, 1.807) is 0 Å². The maximum Gasteiger partial charge on any atom is 0.119 e. The Morgan fingerprint density at radius 1 is 0.950 bits per heavy atom. The molecule has 1 aliphatic rings. The van der Waals surface area contributed by atoms with Gasteiger partial charge in [-0.25, -0.2) is 0 Å². The van der Waals surface area contributed by atoms with Crippen LogP contribution in [0.3, 0.4) is 0 Å². The Morgan fingerprint density at radius 3 is 2.25 bits per heavy atom. The smallest absolute Gasteiger partial charge is 0.119 e. The lowest BCUT2D eigenvalue weighted by atomic mass is 9.77. The lowest BCUT2D eigenvalue weighted by molar-refractivity contribution is 0.302. The molecule has 0 saturated heterocycles. The minimum atomic E-state index is 0.752. The van der Waals surface area contributed by atoms with Crippen molar-refractivity contribution in [3.63, 3.8) is 0 Å². The van der Waals surface area contributed by atoms with Crippen LogP contribution in [0.4, 0.5) is 0 Å². The average Bonchev–Trinajstić information content (AvgIpc) is 2.49. The fraction of sp³-hybridized carbons (Fsp3) is 0.684. The zero-order chi connectivity index (χ0) is 14.2. The molecule has 0 unspecified atom stereocenters. The van der Waals surface area contributed by atoms with Gasteiger partial charge in [-0.2, -0.15) is 0 Å². The fourth-order valence-corrected chi connectivity index (χ4v) is 3.47. The van der Waals surface area contributed by atoms with Crippen molar-refractivity contribution in [2.24, 2.45) is 5.92 Å². The Labute approximate surface area is 124 Å². The molecule has 0 radical (unpaired) electrons. The summed E-state index contributed by atoms with van der Waals surface area (Å²) in [7, 11) is 0. The van der Waals surface area contributed by atoms with Crippen LogP contribution in [0, 0.1) is 5.92 Å². The van der Waals surface area contributed by atoms with E-state index in [1.165, 1.54) is 56.9 Å². The van der Waals surface area contributed by atoms with Crippen LogP contribution in [0.15, 0.2) is 24.3 Å². The van der Waals surface area contributed by atoms with Gasteiger partial charge in [0.2, 0.25) is 0 Å². The lowest BCUT2D eigenvalue weighted by Crippen LogP contribution is -2.13. The van der Waals surface area contributed by atoms with Gasteiger partial charge in [0.05, 0.1) is 6.61 Å². The van der Waals surface area contributed by atoms with Crippen LogP contribution in [0.25, 0.3) is 0 Å². The summed E-state index contributed by atoms with van der Waals surface area (Å²) in [5.74, 6) is 2.79. The monoisotopic (exact) mass is 274 g/mol. The summed E-state index contributed by atoms with van der Waals surface area (Å²) in [6.45, 7) is 5.08. The van der Waals surface area contributed by atoms with Crippen molar-refractivity contribution < 1.29 is 4.74 Å². The molecule has 1 aliphatic carbocycles. The molecule has 1 heteroatoms. The number of benzene rings is 1. The highest BCUT2D eigenvalue weighted by Crippen LogP contribution is 2.38. The zero-order valence-corrected chi connectivity index (χ0v) is 13.2. The second-order valence-corrected chi connectivity index (χ2v) is 6.22. The van der Waals surface area contributed by atoms with Crippen molar-refractivity contribution in [2.45, 2.75) is 71.1 Å². The van der Waals surface area contributed by atoms with Crippen LogP contribution in [0.1, 0.15) is 76.7 Å². The van der Waals surface area contributed by atoms with E-state index in [2.05, 4.69) is 31.2 Å². The third-order valence-electron chi connectivity index (χ3n) is 4.73. The van der Waals surface area contributed by atoms with E-state index in [-0.39, 0.29) is 0 Å². The molecule has 0 aliphatic heterocycles. The van der Waals surface area contributed by atoms with E-state index in [0.29, 0.717) is 0 Å². The summed E-state index contributed by atoms with van der Waals surface area (Å²) >= 11 is 0. The van der Waals surface area contributed by atoms with Gasteiger partial charge in [-0.15, -0.1) is 0 Å². The summed E-state index contributed by atoms with van der Waals surface area (Å²) in [4.78, 5) is 0. The minimum absolute atomic E-state index is 0.752. The normalized spacial score (nSPS) is 22.7. The van der Waals surface area contributed by atoms with Gasteiger partial charge in [0.15, 0.2) is 0 Å². The molecule has 1 aromatic rings. The van der Waals surface area contributed by atoms with Gasteiger partial charge in [0, 0.05) is 0 Å². The van der Waals surface area contributed by atoms with Crippen molar-refractivity contribution in [1.82, 2.24) is 0 Å². The maximum absolute atomic E-state index is 5.52. The Hall–Kier alpha value is -0.980. The van der Waals surface area contributed by atoms with Gasteiger partial charge in [0.1, 0.15) is 5.75 Å². The summed E-state index contributed by atoms with van der Waals surface area (Å²) in [5, 5.41) is 0. The summed E-state index contributed by atoms with van der Waals surface area (Å²) in [6, 6.07) is 8.80. The molecule has 0 bridgehead atoms. The molecule has 1 aromatic carbocycles. The quantitative estimate of drug-likeness (QED) is 0.559. The van der Waals surface area contributed by atoms with E-state index < -0.39 is 0 Å². The van der Waals surface area contributed by atoms with Crippen LogP contribution in [0.2, 0.25) is 0 Å². The SMILES string of the molecule is CCCCC[C@H]1CC[C@H](c2ccc(OCC)cc2)CC1. The van der Waals surface area contributed by atoms with E-state index >= 15 is 0 Å². The van der Waals surface area contributed by atoms with Crippen molar-refractivity contribution in [2.75, 3.05) is 6.61 Å². The third-order valence-corrected chi connectivity index (χ3v) is 4.73. The number of ether oxygens (including phenoxy) is 1. The van der Waals surface area contributed by atoms with Gasteiger partial charge in [0.25, 0.3) is 0 Å². The van der Waals surface area contributed by atoms with E-state index in [1.807, 2.05) is 6.92 Å². The molecule has 2 rings (SSSR count). The summed E-state index contributed by atoms with van der Waals surface area (Å²) in [6.07, 6.45) is 11.3. The molecule has 112 valence electrons. The Morgan fingerprint density at radius 2 is 1.65 bits per heavy atom. The molecule has 20 heavy (non-hydrogen) atoms. The molecular formula is C19H30O. The van der Waals surface area contributed by atoms with Crippen LogP contribution in [-0.2, 0) is 0 Å². The van der Waals surface area contributed by atoms with Gasteiger partial charge in [-0.3, -0.25) is 0 Å². The van der Waals surface area contributed by atoms with Crippen LogP contribution in [-0.4, -0.2) is 6.61 Å². The van der Waals surface area contributed by atoms with Gasteiger partial charge in [-0.1, -0.05) is 44.7 Å². The standard InChI is InChI=1S/C19H30O/c1-3-5-6-7-16-8-10-17(11-9-16)18-12-14-19(15-13-18)20-4-2/h12-17H,3-11H2,1-2H3/t16-,17-. The summed E-state index contributed by atoms with van der Waals surface area (Å²) < 4.78 is 5.52. The predicted molar refractivity (Wildman–Crippen MR) is 86.5 cm³/mol. The zero-order valence-electron chi connectivity index (χ0n) is 13.2. The molecular weight excluding hydrogens is 244 g/mol. The highest BCUT2D eigenvalue weighted by molar-refractivity contribution is 5.29. The predicted octanol–water partition coefficient (Wildman–Crippen LogP) is 5.94. The highest BCUT2D eigenvalue weighted by atomic mass is 16.5. The summed E-state index contributed by atoms with van der Waals surface area (Å²) in [5.41, 5.74) is 1.51. The molecule has 1 nitrogen and oxygen atoms in total. The maximum atomic E-state index is 5.52. The molecule has 0 amide bonds. The molecule has 0 spiro atoms. The minimum Gasteiger partial charge on any atom is -0.494 e. The Kier molecular flexibility index (Phi) is 6.42. The molecule has 0 aromatic heterocycles. The second-order valence-electron chi connectivity index (χ2n) is 6.22. The third kappa shape index (κ3) is 4.54. The van der Waals surface area contributed by atoms with Gasteiger partial charge < -0.3 is 4.74 Å². The van der Waals surface area contributed by atoms with E-state index in [0.717, 1.165) is 24.2 Å². The molecule has 1 fully saturated rings. The number of unbranched alkanes of at least 4 members (excludes halogenated alkanes) is 2. The number of rotatable bonds is 7. The largest absolute Gasteiger partial charge is 0.494 e. The number of hydrogen-bond acceptors (Lipinski definition) is 1. The first-order valence-electron chi connectivity index (χ1n) is 8.56. The van der Waals surface area contributed by atoms with Crippen LogP contribution in [0.5, 0.6) is 5.75 Å². The van der Waals surface area contributed by atoms with E-state index in [4.69, 9.17) is 4.74 Å². The van der Waals surface area contributed by atoms with Gasteiger partial charge >= 0.3 is 0 Å². The van der Waals surface area contributed by atoms with Crippen molar-refractivity contribution in [3.05, 3.63) is 29.8 Å². The van der Waals surface area contributed by atoms with Crippen molar-refractivity contribution in [3.8, 4) is 5.75 Å². The Bertz CT molecular complexity index is 360. The molecule has 0 N–H and O–H groups in total. The first-order chi connectivity index (χ1) is 9.83. The molecule has 0 atom stereocenters. The average molecular weight is 274 g/mol.